The Balaban J connectivity index is 2.43. The standard InChI is InChI=1S/C11H12BrNO3/c1-2-15-11(14)8-5-7(12)6-9-10(8)16-4-3-13-9/h5-6,13H,2-4H2,1H3. The Kier molecular flexibility index (Phi) is 3.33. The molecule has 1 aliphatic rings. The lowest BCUT2D eigenvalue weighted by atomic mass is 10.1. The molecular formula is C11H12BrNO3. The molecule has 0 amide bonds. The van der Waals surface area contributed by atoms with Crippen molar-refractivity contribution in [3.8, 4) is 5.75 Å². The van der Waals surface area contributed by atoms with Crippen LogP contribution >= 0.6 is 15.9 Å². The second kappa shape index (κ2) is 4.74. The molecule has 4 nitrogen and oxygen atoms in total. The molecule has 1 aromatic carbocycles. The molecule has 16 heavy (non-hydrogen) atoms. The van der Waals surface area contributed by atoms with Crippen molar-refractivity contribution in [1.82, 2.24) is 0 Å². The summed E-state index contributed by atoms with van der Waals surface area (Å²) >= 11 is 3.36. The van der Waals surface area contributed by atoms with Gasteiger partial charge in [-0.3, -0.25) is 0 Å². The van der Waals surface area contributed by atoms with Crippen LogP contribution in [-0.4, -0.2) is 25.7 Å². The maximum Gasteiger partial charge on any atom is 0.342 e. The summed E-state index contributed by atoms with van der Waals surface area (Å²) in [6.45, 7) is 3.43. The van der Waals surface area contributed by atoms with Crippen LogP contribution in [0.2, 0.25) is 0 Å². The summed E-state index contributed by atoms with van der Waals surface area (Å²) in [6.07, 6.45) is 0. The van der Waals surface area contributed by atoms with Crippen molar-refractivity contribution in [3.63, 3.8) is 0 Å². The van der Waals surface area contributed by atoms with E-state index in [9.17, 15) is 4.79 Å². The van der Waals surface area contributed by atoms with E-state index in [1.165, 1.54) is 0 Å². The topological polar surface area (TPSA) is 47.6 Å². The van der Waals surface area contributed by atoms with Gasteiger partial charge in [0, 0.05) is 11.0 Å². The van der Waals surface area contributed by atoms with Gasteiger partial charge >= 0.3 is 5.97 Å². The van der Waals surface area contributed by atoms with Gasteiger partial charge < -0.3 is 14.8 Å². The van der Waals surface area contributed by atoms with Crippen LogP contribution in [0.3, 0.4) is 0 Å². The zero-order chi connectivity index (χ0) is 11.5. The van der Waals surface area contributed by atoms with E-state index in [0.717, 1.165) is 16.7 Å². The van der Waals surface area contributed by atoms with Crippen LogP contribution in [-0.2, 0) is 4.74 Å². The van der Waals surface area contributed by atoms with Crippen molar-refractivity contribution in [2.45, 2.75) is 6.92 Å². The highest BCUT2D eigenvalue weighted by Crippen LogP contribution is 2.35. The van der Waals surface area contributed by atoms with E-state index in [2.05, 4.69) is 21.2 Å². The molecule has 0 saturated carbocycles. The zero-order valence-electron chi connectivity index (χ0n) is 8.88. The largest absolute Gasteiger partial charge is 0.489 e. The second-order valence-electron chi connectivity index (χ2n) is 3.33. The van der Waals surface area contributed by atoms with E-state index < -0.39 is 0 Å². The number of hydrogen-bond acceptors (Lipinski definition) is 4. The van der Waals surface area contributed by atoms with Gasteiger partial charge in [-0.2, -0.15) is 0 Å². The molecule has 1 heterocycles. The molecule has 0 aromatic heterocycles. The monoisotopic (exact) mass is 285 g/mol. The Bertz CT molecular complexity index is 420. The molecule has 0 aliphatic carbocycles. The number of esters is 1. The summed E-state index contributed by atoms with van der Waals surface area (Å²) in [4.78, 5) is 11.7. The molecule has 1 aromatic rings. The first kappa shape index (κ1) is 11.3. The summed E-state index contributed by atoms with van der Waals surface area (Å²) < 4.78 is 11.3. The third-order valence-corrected chi connectivity index (χ3v) is 2.67. The first-order valence-corrected chi connectivity index (χ1v) is 5.89. The lowest BCUT2D eigenvalue weighted by Crippen LogP contribution is -2.20. The number of carbonyl (C=O) groups excluding carboxylic acids is 1. The molecule has 0 bridgehead atoms. The summed E-state index contributed by atoms with van der Waals surface area (Å²) in [5.74, 6) is 0.219. The van der Waals surface area contributed by atoms with Crippen molar-refractivity contribution in [2.75, 3.05) is 25.1 Å². The third-order valence-electron chi connectivity index (χ3n) is 2.21. The number of anilines is 1. The summed E-state index contributed by atoms with van der Waals surface area (Å²) in [7, 11) is 0. The van der Waals surface area contributed by atoms with Gasteiger partial charge in [0.1, 0.15) is 12.2 Å². The minimum Gasteiger partial charge on any atom is -0.489 e. The van der Waals surface area contributed by atoms with Crippen LogP contribution < -0.4 is 10.1 Å². The Labute approximate surface area is 102 Å². The summed E-state index contributed by atoms with van der Waals surface area (Å²) in [5.41, 5.74) is 1.28. The van der Waals surface area contributed by atoms with E-state index in [0.29, 0.717) is 24.5 Å². The fraction of sp³-hybridized carbons (Fsp3) is 0.364. The van der Waals surface area contributed by atoms with Crippen LogP contribution in [0.1, 0.15) is 17.3 Å². The molecule has 1 aliphatic heterocycles. The minimum atomic E-state index is -0.358. The van der Waals surface area contributed by atoms with Gasteiger partial charge in [0.15, 0.2) is 5.75 Å². The number of halogens is 1. The Morgan fingerprint density at radius 3 is 3.19 bits per heavy atom. The number of fused-ring (bicyclic) bond motifs is 1. The molecule has 2 rings (SSSR count). The number of nitrogens with one attached hydrogen (secondary N) is 1. The van der Waals surface area contributed by atoms with Crippen LogP contribution in [0, 0.1) is 0 Å². The molecule has 5 heteroatoms. The first-order chi connectivity index (χ1) is 7.72. The fourth-order valence-corrected chi connectivity index (χ4v) is 2.04. The van der Waals surface area contributed by atoms with Gasteiger partial charge in [0.05, 0.1) is 12.3 Å². The lowest BCUT2D eigenvalue weighted by Gasteiger charge is -2.21. The molecule has 0 saturated heterocycles. The van der Waals surface area contributed by atoms with Gasteiger partial charge in [0.25, 0.3) is 0 Å². The molecule has 0 radical (unpaired) electrons. The molecule has 0 unspecified atom stereocenters. The fourth-order valence-electron chi connectivity index (χ4n) is 1.58. The van der Waals surface area contributed by atoms with Crippen LogP contribution in [0.5, 0.6) is 5.75 Å². The van der Waals surface area contributed by atoms with Crippen molar-refractivity contribution < 1.29 is 14.3 Å². The van der Waals surface area contributed by atoms with Gasteiger partial charge in [-0.25, -0.2) is 4.79 Å². The predicted molar refractivity (Wildman–Crippen MR) is 64.1 cm³/mol. The molecule has 1 N–H and O–H groups in total. The SMILES string of the molecule is CCOC(=O)c1cc(Br)cc2c1OCCN2. The quantitative estimate of drug-likeness (QED) is 0.848. The maximum absolute atomic E-state index is 11.7. The highest BCUT2D eigenvalue weighted by Gasteiger charge is 2.21. The van der Waals surface area contributed by atoms with Crippen molar-refractivity contribution in [3.05, 3.63) is 22.2 Å². The number of rotatable bonds is 2. The van der Waals surface area contributed by atoms with Crippen LogP contribution in [0.25, 0.3) is 0 Å². The molecular weight excluding hydrogens is 274 g/mol. The van der Waals surface area contributed by atoms with Crippen LogP contribution in [0.4, 0.5) is 5.69 Å². The maximum atomic E-state index is 11.7. The number of benzene rings is 1. The average Bonchev–Trinajstić information content (AvgIpc) is 2.28. The Morgan fingerprint density at radius 2 is 2.44 bits per heavy atom. The highest BCUT2D eigenvalue weighted by molar-refractivity contribution is 9.10. The van der Waals surface area contributed by atoms with Gasteiger partial charge in [0.2, 0.25) is 0 Å². The highest BCUT2D eigenvalue weighted by atomic mass is 79.9. The summed E-state index contributed by atoms with van der Waals surface area (Å²) in [5, 5.41) is 3.18. The molecule has 0 atom stereocenters. The zero-order valence-corrected chi connectivity index (χ0v) is 10.5. The average molecular weight is 286 g/mol. The smallest absolute Gasteiger partial charge is 0.342 e. The van der Waals surface area contributed by atoms with Gasteiger partial charge in [-0.15, -0.1) is 0 Å². The number of carbonyl (C=O) groups is 1. The van der Waals surface area contributed by atoms with E-state index >= 15 is 0 Å². The van der Waals surface area contributed by atoms with Crippen molar-refractivity contribution in [2.24, 2.45) is 0 Å². The Hall–Kier alpha value is -1.23. The van der Waals surface area contributed by atoms with Gasteiger partial charge in [-0.05, 0) is 19.1 Å². The van der Waals surface area contributed by atoms with Crippen molar-refractivity contribution >= 4 is 27.6 Å². The normalized spacial score (nSPS) is 13.4. The molecule has 0 fully saturated rings. The summed E-state index contributed by atoms with van der Waals surface area (Å²) in [6, 6.07) is 3.60. The molecule has 0 spiro atoms. The van der Waals surface area contributed by atoms with Crippen LogP contribution in [0.15, 0.2) is 16.6 Å². The third kappa shape index (κ3) is 2.14. The van der Waals surface area contributed by atoms with E-state index in [1.807, 2.05) is 6.07 Å². The number of hydrogen-bond donors (Lipinski definition) is 1. The van der Waals surface area contributed by atoms with Gasteiger partial charge in [-0.1, -0.05) is 15.9 Å². The van der Waals surface area contributed by atoms with E-state index in [-0.39, 0.29) is 5.97 Å². The van der Waals surface area contributed by atoms with Crippen molar-refractivity contribution in [1.29, 1.82) is 0 Å². The minimum absolute atomic E-state index is 0.355. The Morgan fingerprint density at radius 1 is 1.62 bits per heavy atom. The van der Waals surface area contributed by atoms with E-state index in [4.69, 9.17) is 9.47 Å². The first-order valence-electron chi connectivity index (χ1n) is 5.09. The van der Waals surface area contributed by atoms with E-state index in [1.54, 1.807) is 13.0 Å². The number of ether oxygens (including phenoxy) is 2. The molecule has 86 valence electrons. The lowest BCUT2D eigenvalue weighted by molar-refractivity contribution is 0.0521. The predicted octanol–water partition coefficient (Wildman–Crippen LogP) is 2.43. The second-order valence-corrected chi connectivity index (χ2v) is 4.24.